The molecule has 1 aromatic heterocycles. The predicted octanol–water partition coefficient (Wildman–Crippen LogP) is 1.67. The summed E-state index contributed by atoms with van der Waals surface area (Å²) in [5.41, 5.74) is -0.0996. The van der Waals surface area contributed by atoms with Crippen molar-refractivity contribution in [3.05, 3.63) is 22.5 Å². The summed E-state index contributed by atoms with van der Waals surface area (Å²) in [6.45, 7) is 7.92. The van der Waals surface area contributed by atoms with Gasteiger partial charge in [0.05, 0.1) is 13.7 Å². The van der Waals surface area contributed by atoms with Crippen LogP contribution in [0.1, 0.15) is 33.6 Å². The molecule has 1 unspecified atom stereocenters. The Morgan fingerprint density at radius 2 is 2.05 bits per heavy atom. The average Bonchev–Trinajstić information content (AvgIpc) is 2.38. The highest BCUT2D eigenvalue weighted by atomic mass is 16.5. The molecule has 0 fully saturated rings. The second-order valence-corrected chi connectivity index (χ2v) is 5.26. The lowest BCUT2D eigenvalue weighted by atomic mass is 10.0. The van der Waals surface area contributed by atoms with Crippen molar-refractivity contribution in [1.29, 1.82) is 0 Å². The Labute approximate surface area is 115 Å². The molecule has 1 aromatic rings. The van der Waals surface area contributed by atoms with Gasteiger partial charge in [0.2, 0.25) is 5.88 Å². The number of ether oxygens (including phenoxy) is 1. The monoisotopic (exact) mass is 267 g/mol. The lowest BCUT2D eigenvalue weighted by Gasteiger charge is -2.15. The van der Waals surface area contributed by atoms with Crippen LogP contribution in [-0.4, -0.2) is 29.5 Å². The summed E-state index contributed by atoms with van der Waals surface area (Å²) in [6, 6.07) is 3.52. The molecule has 1 N–H and O–H groups in total. The molecule has 0 aliphatic rings. The van der Waals surface area contributed by atoms with E-state index in [1.807, 2.05) is 0 Å². The zero-order valence-electron chi connectivity index (χ0n) is 12.3. The largest absolute Gasteiger partial charge is 0.480 e. The molecule has 0 bridgehead atoms. The molecule has 0 spiro atoms. The first kappa shape index (κ1) is 15.7. The van der Waals surface area contributed by atoms with Gasteiger partial charge in [0, 0.05) is 24.7 Å². The van der Waals surface area contributed by atoms with Gasteiger partial charge in [-0.15, -0.1) is 5.10 Å². The summed E-state index contributed by atoms with van der Waals surface area (Å²) in [4.78, 5) is 11.6. The number of hydrogen-bond acceptors (Lipinski definition) is 4. The van der Waals surface area contributed by atoms with E-state index in [1.165, 1.54) is 17.2 Å². The molecule has 108 valence electrons. The lowest BCUT2D eigenvalue weighted by molar-refractivity contribution is 0.370. The van der Waals surface area contributed by atoms with Gasteiger partial charge in [0.1, 0.15) is 0 Å². The summed E-state index contributed by atoms with van der Waals surface area (Å²) in [7, 11) is 1.55. The highest BCUT2D eigenvalue weighted by Gasteiger charge is 2.04. The van der Waals surface area contributed by atoms with E-state index in [0.717, 1.165) is 18.9 Å². The first-order valence-corrected chi connectivity index (χ1v) is 6.88. The van der Waals surface area contributed by atoms with Crippen molar-refractivity contribution in [2.45, 2.75) is 46.2 Å². The Balaban J connectivity index is 2.38. The first-order chi connectivity index (χ1) is 9.02. The van der Waals surface area contributed by atoms with E-state index in [0.29, 0.717) is 18.5 Å². The summed E-state index contributed by atoms with van der Waals surface area (Å²) in [6.07, 6.45) is 2.36. The topological polar surface area (TPSA) is 56.1 Å². The van der Waals surface area contributed by atoms with Crippen LogP contribution in [0, 0.1) is 5.92 Å². The van der Waals surface area contributed by atoms with Gasteiger partial charge in [-0.25, -0.2) is 4.68 Å². The smallest absolute Gasteiger partial charge is 0.267 e. The Bertz CT molecular complexity index is 429. The van der Waals surface area contributed by atoms with Crippen LogP contribution in [0.3, 0.4) is 0 Å². The maximum absolute atomic E-state index is 11.6. The first-order valence-electron chi connectivity index (χ1n) is 6.88. The molecule has 19 heavy (non-hydrogen) atoms. The highest BCUT2D eigenvalue weighted by molar-refractivity contribution is 5.05. The zero-order valence-corrected chi connectivity index (χ0v) is 12.3. The number of nitrogens with one attached hydrogen (secondary N) is 1. The molecule has 5 nitrogen and oxygen atoms in total. The fourth-order valence-corrected chi connectivity index (χ4v) is 1.80. The maximum atomic E-state index is 11.6. The van der Waals surface area contributed by atoms with Crippen molar-refractivity contribution in [2.75, 3.05) is 13.7 Å². The predicted molar refractivity (Wildman–Crippen MR) is 76.6 cm³/mol. The van der Waals surface area contributed by atoms with E-state index in [1.54, 1.807) is 13.2 Å². The second kappa shape index (κ2) is 7.94. The molecular formula is C14H25N3O2. The van der Waals surface area contributed by atoms with Crippen molar-refractivity contribution in [2.24, 2.45) is 5.92 Å². The SMILES string of the molecule is COc1ccc(=O)n(CCNC(C)CCC(C)C)n1. The Hall–Kier alpha value is -1.36. The normalized spacial score (nSPS) is 12.7. The molecule has 0 amide bonds. The molecule has 0 aliphatic heterocycles. The third-order valence-electron chi connectivity index (χ3n) is 3.04. The molecule has 0 saturated heterocycles. The van der Waals surface area contributed by atoms with Crippen LogP contribution in [0.25, 0.3) is 0 Å². The Morgan fingerprint density at radius 1 is 1.32 bits per heavy atom. The van der Waals surface area contributed by atoms with Crippen molar-refractivity contribution in [1.82, 2.24) is 15.1 Å². The van der Waals surface area contributed by atoms with E-state index in [-0.39, 0.29) is 5.56 Å². The minimum atomic E-state index is -0.0996. The van der Waals surface area contributed by atoms with E-state index in [4.69, 9.17) is 4.74 Å². The van der Waals surface area contributed by atoms with Gasteiger partial charge < -0.3 is 10.1 Å². The van der Waals surface area contributed by atoms with Crippen molar-refractivity contribution >= 4 is 0 Å². The fourth-order valence-electron chi connectivity index (χ4n) is 1.80. The molecule has 1 atom stereocenters. The number of nitrogens with zero attached hydrogens (tertiary/aromatic N) is 2. The van der Waals surface area contributed by atoms with Crippen LogP contribution in [0.2, 0.25) is 0 Å². The number of rotatable bonds is 8. The fraction of sp³-hybridized carbons (Fsp3) is 0.714. The molecule has 0 radical (unpaired) electrons. The van der Waals surface area contributed by atoms with Gasteiger partial charge in [0.25, 0.3) is 5.56 Å². The van der Waals surface area contributed by atoms with Crippen LogP contribution in [0.4, 0.5) is 0 Å². The molecule has 5 heteroatoms. The van der Waals surface area contributed by atoms with Crippen LogP contribution >= 0.6 is 0 Å². The lowest BCUT2D eigenvalue weighted by Crippen LogP contribution is -2.33. The van der Waals surface area contributed by atoms with Gasteiger partial charge in [0.15, 0.2) is 0 Å². The van der Waals surface area contributed by atoms with Crippen LogP contribution in [-0.2, 0) is 6.54 Å². The molecule has 0 aliphatic carbocycles. The zero-order chi connectivity index (χ0) is 14.3. The van der Waals surface area contributed by atoms with E-state index >= 15 is 0 Å². The molecule has 0 aromatic carbocycles. The Morgan fingerprint density at radius 3 is 2.68 bits per heavy atom. The maximum Gasteiger partial charge on any atom is 0.267 e. The summed E-state index contributed by atoms with van der Waals surface area (Å²) in [5.74, 6) is 1.19. The number of hydrogen-bond donors (Lipinski definition) is 1. The van der Waals surface area contributed by atoms with Crippen LogP contribution < -0.4 is 15.6 Å². The molecule has 1 rings (SSSR count). The molecular weight excluding hydrogens is 242 g/mol. The van der Waals surface area contributed by atoms with Gasteiger partial charge in [-0.3, -0.25) is 4.79 Å². The van der Waals surface area contributed by atoms with E-state index in [9.17, 15) is 4.79 Å². The van der Waals surface area contributed by atoms with Gasteiger partial charge in [-0.1, -0.05) is 13.8 Å². The number of aromatic nitrogens is 2. The highest BCUT2D eigenvalue weighted by Crippen LogP contribution is 2.06. The van der Waals surface area contributed by atoms with Crippen LogP contribution in [0.5, 0.6) is 5.88 Å². The Kier molecular flexibility index (Phi) is 6.56. The summed E-state index contributed by atoms with van der Waals surface area (Å²) < 4.78 is 6.44. The molecule has 1 heterocycles. The second-order valence-electron chi connectivity index (χ2n) is 5.26. The minimum absolute atomic E-state index is 0.0996. The number of methoxy groups -OCH3 is 1. The average molecular weight is 267 g/mol. The third-order valence-corrected chi connectivity index (χ3v) is 3.04. The van der Waals surface area contributed by atoms with Crippen molar-refractivity contribution in [3.63, 3.8) is 0 Å². The quantitative estimate of drug-likeness (QED) is 0.778. The summed E-state index contributed by atoms with van der Waals surface area (Å²) >= 11 is 0. The third kappa shape index (κ3) is 5.87. The van der Waals surface area contributed by atoms with Crippen molar-refractivity contribution in [3.8, 4) is 5.88 Å². The van der Waals surface area contributed by atoms with E-state index in [2.05, 4.69) is 31.2 Å². The molecule has 0 saturated carbocycles. The van der Waals surface area contributed by atoms with E-state index < -0.39 is 0 Å². The van der Waals surface area contributed by atoms with Gasteiger partial charge in [-0.05, 0) is 25.7 Å². The van der Waals surface area contributed by atoms with Crippen LogP contribution in [0.15, 0.2) is 16.9 Å². The minimum Gasteiger partial charge on any atom is -0.480 e. The summed E-state index contributed by atoms with van der Waals surface area (Å²) in [5, 5.41) is 7.51. The standard InChI is InChI=1S/C14H25N3O2/c1-11(2)5-6-12(3)15-9-10-17-14(18)8-7-13(16-17)19-4/h7-8,11-12,15H,5-6,9-10H2,1-4H3. The van der Waals surface area contributed by atoms with Crippen molar-refractivity contribution < 1.29 is 4.74 Å². The van der Waals surface area contributed by atoms with Gasteiger partial charge >= 0.3 is 0 Å². The van der Waals surface area contributed by atoms with Gasteiger partial charge in [-0.2, -0.15) is 0 Å².